The van der Waals surface area contributed by atoms with Crippen molar-refractivity contribution >= 4 is 0 Å². The summed E-state index contributed by atoms with van der Waals surface area (Å²) in [4.78, 5) is 0. The average Bonchev–Trinajstić information content (AvgIpc) is 2.65. The summed E-state index contributed by atoms with van der Waals surface area (Å²) >= 11 is 0. The zero-order valence-corrected chi connectivity index (χ0v) is 8.55. The lowest BCUT2D eigenvalue weighted by molar-refractivity contribution is 0.498. The standard InChI is InChI=1S/C11H17NO/c1-7-4-11(7)12-6-10-5-8(2)13-9(10)3/h5,7,11-12H,4,6H2,1-3H3. The van der Waals surface area contributed by atoms with E-state index in [-0.39, 0.29) is 0 Å². The van der Waals surface area contributed by atoms with Gasteiger partial charge < -0.3 is 9.73 Å². The Bertz CT molecular complexity index is 303. The molecule has 1 heterocycles. The maximum absolute atomic E-state index is 5.45. The summed E-state index contributed by atoms with van der Waals surface area (Å²) in [6.45, 7) is 7.26. The molecule has 0 bridgehead atoms. The van der Waals surface area contributed by atoms with Gasteiger partial charge in [0.15, 0.2) is 0 Å². The topological polar surface area (TPSA) is 25.2 Å². The Kier molecular flexibility index (Phi) is 2.16. The summed E-state index contributed by atoms with van der Waals surface area (Å²) in [6, 6.07) is 2.87. The zero-order chi connectivity index (χ0) is 9.42. The molecule has 0 saturated heterocycles. The third-order valence-corrected chi connectivity index (χ3v) is 2.81. The van der Waals surface area contributed by atoms with E-state index in [1.165, 1.54) is 12.0 Å². The zero-order valence-electron chi connectivity index (χ0n) is 8.55. The smallest absolute Gasteiger partial charge is 0.105 e. The molecule has 1 aliphatic rings. The molecule has 0 aromatic carbocycles. The molecular formula is C11H17NO. The van der Waals surface area contributed by atoms with Crippen molar-refractivity contribution in [3.05, 3.63) is 23.2 Å². The van der Waals surface area contributed by atoms with Crippen molar-refractivity contribution in [1.82, 2.24) is 5.32 Å². The number of hydrogen-bond acceptors (Lipinski definition) is 2. The van der Waals surface area contributed by atoms with E-state index in [1.54, 1.807) is 0 Å². The molecule has 2 unspecified atom stereocenters. The molecule has 0 spiro atoms. The van der Waals surface area contributed by atoms with Gasteiger partial charge in [-0.15, -0.1) is 0 Å². The first kappa shape index (κ1) is 8.82. The van der Waals surface area contributed by atoms with Crippen LogP contribution in [0.1, 0.15) is 30.4 Å². The Morgan fingerprint density at radius 2 is 2.23 bits per heavy atom. The minimum atomic E-state index is 0.745. The van der Waals surface area contributed by atoms with Crippen molar-refractivity contribution in [2.24, 2.45) is 5.92 Å². The highest BCUT2D eigenvalue weighted by Crippen LogP contribution is 2.29. The summed E-state index contributed by atoms with van der Waals surface area (Å²) in [5.41, 5.74) is 1.30. The maximum Gasteiger partial charge on any atom is 0.105 e. The van der Waals surface area contributed by atoms with Crippen LogP contribution in [0.25, 0.3) is 0 Å². The molecule has 1 aromatic rings. The van der Waals surface area contributed by atoms with Crippen LogP contribution >= 0.6 is 0 Å². The molecular weight excluding hydrogens is 162 g/mol. The second-order valence-corrected chi connectivity index (χ2v) is 4.14. The first-order chi connectivity index (χ1) is 6.16. The van der Waals surface area contributed by atoms with Crippen LogP contribution in [0.5, 0.6) is 0 Å². The minimum Gasteiger partial charge on any atom is -0.466 e. The van der Waals surface area contributed by atoms with Crippen LogP contribution < -0.4 is 5.32 Å². The second-order valence-electron chi connectivity index (χ2n) is 4.14. The van der Waals surface area contributed by atoms with E-state index >= 15 is 0 Å². The van der Waals surface area contributed by atoms with E-state index in [2.05, 4.69) is 18.3 Å². The van der Waals surface area contributed by atoms with Gasteiger partial charge in [0.1, 0.15) is 11.5 Å². The Hall–Kier alpha value is -0.760. The largest absolute Gasteiger partial charge is 0.466 e. The molecule has 2 nitrogen and oxygen atoms in total. The van der Waals surface area contributed by atoms with Crippen molar-refractivity contribution in [3.8, 4) is 0 Å². The lowest BCUT2D eigenvalue weighted by Crippen LogP contribution is -2.17. The third kappa shape index (κ3) is 1.94. The molecule has 0 radical (unpaired) electrons. The fourth-order valence-corrected chi connectivity index (χ4v) is 1.71. The van der Waals surface area contributed by atoms with Crippen LogP contribution in [0.3, 0.4) is 0 Å². The van der Waals surface area contributed by atoms with E-state index in [0.717, 1.165) is 30.0 Å². The second kappa shape index (κ2) is 3.18. The minimum absolute atomic E-state index is 0.745. The van der Waals surface area contributed by atoms with Gasteiger partial charge >= 0.3 is 0 Å². The first-order valence-electron chi connectivity index (χ1n) is 4.96. The average molecular weight is 179 g/mol. The van der Waals surface area contributed by atoms with Crippen LogP contribution in [-0.4, -0.2) is 6.04 Å². The van der Waals surface area contributed by atoms with Gasteiger partial charge in [-0.3, -0.25) is 0 Å². The van der Waals surface area contributed by atoms with Crippen molar-refractivity contribution in [2.45, 2.75) is 39.8 Å². The highest BCUT2D eigenvalue weighted by atomic mass is 16.3. The van der Waals surface area contributed by atoms with Crippen LogP contribution in [0.2, 0.25) is 0 Å². The fourth-order valence-electron chi connectivity index (χ4n) is 1.71. The van der Waals surface area contributed by atoms with E-state index in [0.29, 0.717) is 0 Å². The first-order valence-corrected chi connectivity index (χ1v) is 4.96. The lowest BCUT2D eigenvalue weighted by Gasteiger charge is -2.00. The van der Waals surface area contributed by atoms with Gasteiger partial charge in [-0.1, -0.05) is 6.92 Å². The molecule has 1 aliphatic carbocycles. The molecule has 1 N–H and O–H groups in total. The van der Waals surface area contributed by atoms with Gasteiger partial charge in [0.25, 0.3) is 0 Å². The summed E-state index contributed by atoms with van der Waals surface area (Å²) in [7, 11) is 0. The van der Waals surface area contributed by atoms with Crippen molar-refractivity contribution in [1.29, 1.82) is 0 Å². The quantitative estimate of drug-likeness (QED) is 0.770. The molecule has 0 aliphatic heterocycles. The van der Waals surface area contributed by atoms with Crippen LogP contribution in [0, 0.1) is 19.8 Å². The van der Waals surface area contributed by atoms with Crippen LogP contribution in [0.15, 0.2) is 10.5 Å². The molecule has 2 atom stereocenters. The number of furan rings is 1. The molecule has 72 valence electrons. The van der Waals surface area contributed by atoms with E-state index < -0.39 is 0 Å². The monoisotopic (exact) mass is 179 g/mol. The van der Waals surface area contributed by atoms with E-state index in [1.807, 2.05) is 13.8 Å². The van der Waals surface area contributed by atoms with Crippen molar-refractivity contribution in [3.63, 3.8) is 0 Å². The fraction of sp³-hybridized carbons (Fsp3) is 0.636. The SMILES string of the molecule is Cc1cc(CNC2CC2C)c(C)o1. The summed E-state index contributed by atoms with van der Waals surface area (Å²) in [6.07, 6.45) is 1.33. The van der Waals surface area contributed by atoms with Gasteiger partial charge in [0.05, 0.1) is 0 Å². The number of nitrogens with one attached hydrogen (secondary N) is 1. The Labute approximate surface area is 79.3 Å². The lowest BCUT2D eigenvalue weighted by atomic mass is 10.2. The Balaban J connectivity index is 1.90. The Morgan fingerprint density at radius 3 is 2.69 bits per heavy atom. The molecule has 0 amide bonds. The molecule has 1 aromatic heterocycles. The summed E-state index contributed by atoms with van der Waals surface area (Å²) in [5.74, 6) is 2.93. The number of hydrogen-bond donors (Lipinski definition) is 1. The van der Waals surface area contributed by atoms with Crippen molar-refractivity contribution in [2.75, 3.05) is 0 Å². The van der Waals surface area contributed by atoms with Gasteiger partial charge in [-0.05, 0) is 32.3 Å². The summed E-state index contributed by atoms with van der Waals surface area (Å²) in [5, 5.41) is 3.52. The third-order valence-electron chi connectivity index (χ3n) is 2.81. The van der Waals surface area contributed by atoms with Crippen LogP contribution in [-0.2, 0) is 6.54 Å². The highest BCUT2D eigenvalue weighted by molar-refractivity contribution is 5.20. The van der Waals surface area contributed by atoms with E-state index in [9.17, 15) is 0 Å². The van der Waals surface area contributed by atoms with Crippen LogP contribution in [0.4, 0.5) is 0 Å². The maximum atomic E-state index is 5.45. The van der Waals surface area contributed by atoms with E-state index in [4.69, 9.17) is 4.42 Å². The number of aryl methyl sites for hydroxylation is 2. The molecule has 13 heavy (non-hydrogen) atoms. The van der Waals surface area contributed by atoms with Gasteiger partial charge in [-0.2, -0.15) is 0 Å². The molecule has 1 saturated carbocycles. The van der Waals surface area contributed by atoms with Gasteiger partial charge in [-0.25, -0.2) is 0 Å². The predicted molar refractivity (Wildman–Crippen MR) is 52.6 cm³/mol. The normalized spacial score (nSPS) is 26.4. The summed E-state index contributed by atoms with van der Waals surface area (Å²) < 4.78 is 5.45. The Morgan fingerprint density at radius 1 is 1.54 bits per heavy atom. The van der Waals surface area contributed by atoms with Crippen molar-refractivity contribution < 1.29 is 4.42 Å². The van der Waals surface area contributed by atoms with Gasteiger partial charge in [0.2, 0.25) is 0 Å². The van der Waals surface area contributed by atoms with Gasteiger partial charge in [0, 0.05) is 18.2 Å². The molecule has 2 rings (SSSR count). The molecule has 1 fully saturated rings. The number of rotatable bonds is 3. The highest BCUT2D eigenvalue weighted by Gasteiger charge is 2.31. The predicted octanol–water partition coefficient (Wildman–Crippen LogP) is 2.39. The molecule has 2 heteroatoms.